The maximum atomic E-state index is 11.4. The first-order valence-electron chi connectivity index (χ1n) is 5.24. The van der Waals surface area contributed by atoms with Gasteiger partial charge in [0.15, 0.2) is 0 Å². The van der Waals surface area contributed by atoms with Crippen LogP contribution in [-0.2, 0) is 10.0 Å². The summed E-state index contributed by atoms with van der Waals surface area (Å²) in [6.07, 6.45) is 1.02. The number of primary sulfonamides is 1. The van der Waals surface area contributed by atoms with Gasteiger partial charge in [-0.3, -0.25) is 0 Å². The fourth-order valence-electron chi connectivity index (χ4n) is 1.77. The van der Waals surface area contributed by atoms with Gasteiger partial charge in [0.1, 0.15) is 0 Å². The SMILES string of the molecule is CCCNc1cc(C)c(S(N)(=O)=O)c(C)c1. The third-order valence-electron chi connectivity index (χ3n) is 2.32. The molecule has 0 unspecified atom stereocenters. The van der Waals surface area contributed by atoms with Crippen molar-refractivity contribution >= 4 is 15.7 Å². The summed E-state index contributed by atoms with van der Waals surface area (Å²) in [5.74, 6) is 0. The van der Waals surface area contributed by atoms with Gasteiger partial charge < -0.3 is 5.32 Å². The molecule has 90 valence electrons. The molecule has 0 fully saturated rings. The van der Waals surface area contributed by atoms with Crippen molar-refractivity contribution in [1.82, 2.24) is 0 Å². The summed E-state index contributed by atoms with van der Waals surface area (Å²) in [5.41, 5.74) is 2.30. The summed E-state index contributed by atoms with van der Waals surface area (Å²) in [6.45, 7) is 6.45. The molecule has 0 amide bonds. The van der Waals surface area contributed by atoms with Gasteiger partial charge in [0.25, 0.3) is 0 Å². The van der Waals surface area contributed by atoms with Crippen molar-refractivity contribution < 1.29 is 8.42 Å². The highest BCUT2D eigenvalue weighted by molar-refractivity contribution is 7.89. The molecule has 3 N–H and O–H groups in total. The Morgan fingerprint density at radius 1 is 1.25 bits per heavy atom. The second-order valence-corrected chi connectivity index (χ2v) is 5.41. The van der Waals surface area contributed by atoms with E-state index in [0.29, 0.717) is 11.1 Å². The second kappa shape index (κ2) is 4.84. The minimum Gasteiger partial charge on any atom is -0.385 e. The van der Waals surface area contributed by atoms with Crippen LogP contribution < -0.4 is 10.5 Å². The van der Waals surface area contributed by atoms with Gasteiger partial charge in [-0.15, -0.1) is 0 Å². The zero-order valence-electron chi connectivity index (χ0n) is 9.87. The molecule has 0 radical (unpaired) electrons. The van der Waals surface area contributed by atoms with E-state index in [9.17, 15) is 8.42 Å². The van der Waals surface area contributed by atoms with Crippen LogP contribution in [0.4, 0.5) is 5.69 Å². The first kappa shape index (κ1) is 13.0. The molecule has 0 aliphatic carbocycles. The number of aryl methyl sites for hydroxylation is 2. The van der Waals surface area contributed by atoms with Crippen LogP contribution >= 0.6 is 0 Å². The summed E-state index contributed by atoms with van der Waals surface area (Å²) in [7, 11) is -3.63. The molecule has 5 heteroatoms. The van der Waals surface area contributed by atoms with Gasteiger partial charge >= 0.3 is 0 Å². The topological polar surface area (TPSA) is 72.2 Å². The molecule has 0 spiro atoms. The second-order valence-electron chi connectivity index (χ2n) is 3.91. The lowest BCUT2D eigenvalue weighted by Gasteiger charge is -2.11. The van der Waals surface area contributed by atoms with Gasteiger partial charge in [0, 0.05) is 12.2 Å². The molecule has 0 atom stereocenters. The Bertz CT molecular complexity index is 458. The van der Waals surface area contributed by atoms with E-state index in [1.54, 1.807) is 13.8 Å². The minimum absolute atomic E-state index is 0.231. The van der Waals surface area contributed by atoms with E-state index in [4.69, 9.17) is 5.14 Å². The molecule has 0 aliphatic rings. The molecule has 0 heterocycles. The number of rotatable bonds is 4. The molecule has 1 aromatic rings. The molecule has 0 bridgehead atoms. The standard InChI is InChI=1S/C11H18N2O2S/c1-4-5-13-10-6-8(2)11(9(3)7-10)16(12,14)15/h6-7,13H,4-5H2,1-3H3,(H2,12,14,15). The maximum absolute atomic E-state index is 11.4. The smallest absolute Gasteiger partial charge is 0.238 e. The van der Waals surface area contributed by atoms with Crippen molar-refractivity contribution in [3.05, 3.63) is 23.3 Å². The van der Waals surface area contributed by atoms with Crippen LogP contribution in [0.15, 0.2) is 17.0 Å². The van der Waals surface area contributed by atoms with E-state index < -0.39 is 10.0 Å². The first-order chi connectivity index (χ1) is 7.36. The molecule has 1 aromatic carbocycles. The van der Waals surface area contributed by atoms with Gasteiger partial charge in [-0.25, -0.2) is 13.6 Å². The molecule has 0 saturated carbocycles. The third-order valence-corrected chi connectivity index (χ3v) is 3.54. The highest BCUT2D eigenvalue weighted by atomic mass is 32.2. The maximum Gasteiger partial charge on any atom is 0.238 e. The Morgan fingerprint density at radius 3 is 2.12 bits per heavy atom. The van der Waals surface area contributed by atoms with Crippen LogP contribution in [0.2, 0.25) is 0 Å². The van der Waals surface area contributed by atoms with E-state index in [1.165, 1.54) is 0 Å². The molecular weight excluding hydrogens is 224 g/mol. The summed E-state index contributed by atoms with van der Waals surface area (Å²) < 4.78 is 22.7. The van der Waals surface area contributed by atoms with E-state index in [0.717, 1.165) is 18.7 Å². The fourth-order valence-corrected chi connectivity index (χ4v) is 2.79. The number of nitrogens with two attached hydrogens (primary N) is 1. The van der Waals surface area contributed by atoms with E-state index >= 15 is 0 Å². The van der Waals surface area contributed by atoms with Gasteiger partial charge in [-0.2, -0.15) is 0 Å². The van der Waals surface area contributed by atoms with Crippen molar-refractivity contribution in [3.63, 3.8) is 0 Å². The van der Waals surface area contributed by atoms with Crippen molar-refractivity contribution in [2.24, 2.45) is 5.14 Å². The normalized spacial score (nSPS) is 11.5. The largest absolute Gasteiger partial charge is 0.385 e. The number of hydrogen-bond acceptors (Lipinski definition) is 3. The van der Waals surface area contributed by atoms with Crippen LogP contribution in [0.25, 0.3) is 0 Å². The lowest BCUT2D eigenvalue weighted by Crippen LogP contribution is -2.15. The number of nitrogens with one attached hydrogen (secondary N) is 1. The van der Waals surface area contributed by atoms with Gasteiger partial charge in [0.05, 0.1) is 4.90 Å². The molecule has 1 rings (SSSR count). The highest BCUT2D eigenvalue weighted by Gasteiger charge is 2.15. The Labute approximate surface area is 96.9 Å². The minimum atomic E-state index is -3.63. The van der Waals surface area contributed by atoms with Crippen LogP contribution in [0.5, 0.6) is 0 Å². The van der Waals surface area contributed by atoms with Crippen LogP contribution in [-0.4, -0.2) is 15.0 Å². The summed E-state index contributed by atoms with van der Waals surface area (Å²) in [6, 6.07) is 3.62. The quantitative estimate of drug-likeness (QED) is 0.845. The number of hydrogen-bond donors (Lipinski definition) is 2. The van der Waals surface area contributed by atoms with Crippen molar-refractivity contribution in [1.29, 1.82) is 0 Å². The van der Waals surface area contributed by atoms with Gasteiger partial charge in [-0.05, 0) is 43.5 Å². The summed E-state index contributed by atoms with van der Waals surface area (Å²) >= 11 is 0. The molecule has 0 aliphatic heterocycles. The molecule has 16 heavy (non-hydrogen) atoms. The van der Waals surface area contributed by atoms with E-state index in [2.05, 4.69) is 12.2 Å². The van der Waals surface area contributed by atoms with Crippen molar-refractivity contribution in [3.8, 4) is 0 Å². The molecule has 0 aromatic heterocycles. The number of benzene rings is 1. The summed E-state index contributed by atoms with van der Waals surface area (Å²) in [4.78, 5) is 0.231. The monoisotopic (exact) mass is 242 g/mol. The Hall–Kier alpha value is -1.07. The average molecular weight is 242 g/mol. The molecular formula is C11H18N2O2S. The Kier molecular flexibility index (Phi) is 3.93. The predicted octanol–water partition coefficient (Wildman–Crippen LogP) is 1.77. The molecule has 4 nitrogen and oxygen atoms in total. The lowest BCUT2D eigenvalue weighted by molar-refractivity contribution is 0.596. The Morgan fingerprint density at radius 2 is 1.75 bits per heavy atom. The molecule has 0 saturated heterocycles. The van der Waals surface area contributed by atoms with Crippen molar-refractivity contribution in [2.45, 2.75) is 32.1 Å². The lowest BCUT2D eigenvalue weighted by atomic mass is 10.1. The fraction of sp³-hybridized carbons (Fsp3) is 0.455. The van der Waals surface area contributed by atoms with Crippen molar-refractivity contribution in [2.75, 3.05) is 11.9 Å². The van der Waals surface area contributed by atoms with E-state index in [-0.39, 0.29) is 4.90 Å². The van der Waals surface area contributed by atoms with Gasteiger partial charge in [-0.1, -0.05) is 6.92 Å². The third kappa shape index (κ3) is 2.96. The Balaban J connectivity index is 3.18. The number of anilines is 1. The zero-order valence-corrected chi connectivity index (χ0v) is 10.7. The highest BCUT2D eigenvalue weighted by Crippen LogP contribution is 2.23. The first-order valence-corrected chi connectivity index (χ1v) is 6.78. The van der Waals surface area contributed by atoms with Crippen LogP contribution in [0, 0.1) is 13.8 Å². The van der Waals surface area contributed by atoms with Gasteiger partial charge in [0.2, 0.25) is 10.0 Å². The predicted molar refractivity (Wildman–Crippen MR) is 66.1 cm³/mol. The number of sulfonamides is 1. The van der Waals surface area contributed by atoms with Crippen LogP contribution in [0.1, 0.15) is 24.5 Å². The average Bonchev–Trinajstić information content (AvgIpc) is 2.11. The zero-order chi connectivity index (χ0) is 12.3. The summed E-state index contributed by atoms with van der Waals surface area (Å²) in [5, 5.41) is 8.38. The van der Waals surface area contributed by atoms with Crippen LogP contribution in [0.3, 0.4) is 0 Å². The van der Waals surface area contributed by atoms with E-state index in [1.807, 2.05) is 12.1 Å².